The van der Waals surface area contributed by atoms with E-state index in [1.807, 2.05) is 12.4 Å². The highest BCUT2D eigenvalue weighted by Gasteiger charge is 2.27. The van der Waals surface area contributed by atoms with Crippen molar-refractivity contribution in [1.29, 1.82) is 0 Å². The van der Waals surface area contributed by atoms with Crippen LogP contribution in [0.2, 0.25) is 0 Å². The highest BCUT2D eigenvalue weighted by Crippen LogP contribution is 2.26. The zero-order valence-corrected chi connectivity index (χ0v) is 16.7. The molecule has 2 aromatic rings. The van der Waals surface area contributed by atoms with Gasteiger partial charge in [-0.2, -0.15) is 0 Å². The molecule has 1 N–H and O–H groups in total. The van der Waals surface area contributed by atoms with Gasteiger partial charge in [-0.25, -0.2) is 0 Å². The van der Waals surface area contributed by atoms with Gasteiger partial charge in [0.25, 0.3) is 0 Å². The molecule has 0 saturated carbocycles. The summed E-state index contributed by atoms with van der Waals surface area (Å²) in [6.07, 6.45) is 4.51. The van der Waals surface area contributed by atoms with Crippen LogP contribution in [-0.2, 0) is 13.1 Å². The Balaban J connectivity index is 1.68. The second kappa shape index (κ2) is 9.31. The van der Waals surface area contributed by atoms with Crippen molar-refractivity contribution in [2.24, 2.45) is 0 Å². The maximum Gasteiger partial charge on any atom is 0.122 e. The number of aliphatic hydroxyl groups excluding tert-OH is 1. The maximum absolute atomic E-state index is 9.58. The molecule has 1 fully saturated rings. The largest absolute Gasteiger partial charge is 0.496 e. The quantitative estimate of drug-likeness (QED) is 0.813. The van der Waals surface area contributed by atoms with Crippen LogP contribution in [0.25, 0.3) is 0 Å². The molecule has 5 heteroatoms. The SMILES string of the molecule is COc1ccc(CN2CCN(Cc3ccncc3)C[C@@H]2CCO)c(C)c1C. The van der Waals surface area contributed by atoms with Crippen LogP contribution in [-0.4, -0.2) is 59.3 Å². The van der Waals surface area contributed by atoms with E-state index >= 15 is 0 Å². The minimum Gasteiger partial charge on any atom is -0.496 e. The lowest BCUT2D eigenvalue weighted by Gasteiger charge is -2.41. The van der Waals surface area contributed by atoms with Gasteiger partial charge >= 0.3 is 0 Å². The van der Waals surface area contributed by atoms with Crippen LogP contribution in [0.4, 0.5) is 0 Å². The minimum atomic E-state index is 0.227. The first kappa shape index (κ1) is 19.8. The van der Waals surface area contributed by atoms with Crippen molar-refractivity contribution in [3.63, 3.8) is 0 Å². The average molecular weight is 370 g/mol. The zero-order chi connectivity index (χ0) is 19.2. The number of hydrogen-bond donors (Lipinski definition) is 1. The Hall–Kier alpha value is -1.95. The Bertz CT molecular complexity index is 736. The Morgan fingerprint density at radius 2 is 1.85 bits per heavy atom. The smallest absolute Gasteiger partial charge is 0.122 e. The van der Waals surface area contributed by atoms with Crippen LogP contribution in [0.15, 0.2) is 36.7 Å². The van der Waals surface area contributed by atoms with Crippen molar-refractivity contribution < 1.29 is 9.84 Å². The van der Waals surface area contributed by atoms with Gasteiger partial charge in [-0.15, -0.1) is 0 Å². The fourth-order valence-corrected chi connectivity index (χ4v) is 3.94. The second-order valence-corrected chi connectivity index (χ2v) is 7.40. The molecule has 0 aliphatic carbocycles. The number of rotatable bonds is 7. The van der Waals surface area contributed by atoms with Gasteiger partial charge in [0.1, 0.15) is 5.75 Å². The second-order valence-electron chi connectivity index (χ2n) is 7.40. The van der Waals surface area contributed by atoms with E-state index in [0.29, 0.717) is 6.04 Å². The van der Waals surface area contributed by atoms with E-state index in [1.165, 1.54) is 22.3 Å². The van der Waals surface area contributed by atoms with Crippen molar-refractivity contribution in [1.82, 2.24) is 14.8 Å². The van der Waals surface area contributed by atoms with E-state index in [0.717, 1.165) is 44.9 Å². The number of pyridine rings is 1. The summed E-state index contributed by atoms with van der Waals surface area (Å²) >= 11 is 0. The fraction of sp³-hybridized carbons (Fsp3) is 0.500. The third-order valence-electron chi connectivity index (χ3n) is 5.75. The number of nitrogens with zero attached hydrogens (tertiary/aromatic N) is 3. The van der Waals surface area contributed by atoms with Gasteiger partial charge in [0, 0.05) is 57.8 Å². The number of ether oxygens (including phenoxy) is 1. The molecule has 0 bridgehead atoms. The predicted octanol–water partition coefficient (Wildman–Crippen LogP) is 2.78. The first-order valence-corrected chi connectivity index (χ1v) is 9.71. The molecule has 0 amide bonds. The van der Waals surface area contributed by atoms with Crippen molar-refractivity contribution in [3.05, 3.63) is 58.9 Å². The van der Waals surface area contributed by atoms with Crippen molar-refractivity contribution in [2.45, 2.75) is 39.4 Å². The molecule has 1 saturated heterocycles. The Kier molecular flexibility index (Phi) is 6.83. The summed E-state index contributed by atoms with van der Waals surface area (Å²) in [6, 6.07) is 8.78. The van der Waals surface area contributed by atoms with Gasteiger partial charge in [0.15, 0.2) is 0 Å². The van der Waals surface area contributed by atoms with Gasteiger partial charge in [0.2, 0.25) is 0 Å². The molecule has 1 atom stereocenters. The molecule has 0 spiro atoms. The van der Waals surface area contributed by atoms with Crippen LogP contribution in [0.5, 0.6) is 5.75 Å². The topological polar surface area (TPSA) is 48.8 Å². The number of hydrogen-bond acceptors (Lipinski definition) is 5. The summed E-state index contributed by atoms with van der Waals surface area (Å²) < 4.78 is 5.44. The fourth-order valence-electron chi connectivity index (χ4n) is 3.94. The molecular weight excluding hydrogens is 338 g/mol. The standard InChI is InChI=1S/C22H31N3O2/c1-17-18(2)22(27-3)5-4-20(17)15-25-12-11-24(16-21(25)8-13-26)14-19-6-9-23-10-7-19/h4-7,9-10,21,26H,8,11-16H2,1-3H3/t21-/m0/s1. The van der Waals surface area contributed by atoms with Crippen LogP contribution < -0.4 is 4.74 Å². The molecule has 146 valence electrons. The lowest BCUT2D eigenvalue weighted by molar-refractivity contribution is 0.0498. The number of benzene rings is 1. The zero-order valence-electron chi connectivity index (χ0n) is 16.7. The van der Waals surface area contributed by atoms with E-state index < -0.39 is 0 Å². The molecule has 0 radical (unpaired) electrons. The number of methoxy groups -OCH3 is 1. The first-order chi connectivity index (χ1) is 13.1. The minimum absolute atomic E-state index is 0.227. The summed E-state index contributed by atoms with van der Waals surface area (Å²) in [5, 5.41) is 9.58. The molecule has 1 aromatic heterocycles. The Morgan fingerprint density at radius 1 is 1.07 bits per heavy atom. The van der Waals surface area contributed by atoms with Crippen LogP contribution >= 0.6 is 0 Å². The molecular formula is C22H31N3O2. The summed E-state index contributed by atoms with van der Waals surface area (Å²) in [5.74, 6) is 0.949. The van der Waals surface area contributed by atoms with E-state index in [2.05, 4.69) is 52.9 Å². The molecule has 1 aromatic carbocycles. The number of aliphatic hydroxyl groups is 1. The highest BCUT2D eigenvalue weighted by atomic mass is 16.5. The molecule has 3 rings (SSSR count). The normalized spacial score (nSPS) is 18.6. The maximum atomic E-state index is 9.58. The average Bonchev–Trinajstić information content (AvgIpc) is 2.68. The molecule has 0 unspecified atom stereocenters. The summed E-state index contributed by atoms with van der Waals surface area (Å²) in [5.41, 5.74) is 5.16. The van der Waals surface area contributed by atoms with E-state index in [1.54, 1.807) is 7.11 Å². The predicted molar refractivity (Wildman–Crippen MR) is 108 cm³/mol. The molecule has 1 aliphatic rings. The van der Waals surface area contributed by atoms with Crippen molar-refractivity contribution >= 4 is 0 Å². The van der Waals surface area contributed by atoms with Crippen molar-refractivity contribution in [2.75, 3.05) is 33.4 Å². The van der Waals surface area contributed by atoms with Crippen LogP contribution in [0.3, 0.4) is 0 Å². The van der Waals surface area contributed by atoms with Crippen LogP contribution in [0, 0.1) is 13.8 Å². The lowest BCUT2D eigenvalue weighted by Crippen LogP contribution is -2.52. The Morgan fingerprint density at radius 3 is 2.56 bits per heavy atom. The van der Waals surface area contributed by atoms with Gasteiger partial charge in [-0.3, -0.25) is 14.8 Å². The third kappa shape index (κ3) is 4.86. The molecule has 5 nitrogen and oxygen atoms in total. The van der Waals surface area contributed by atoms with Gasteiger partial charge in [-0.05, 0) is 60.7 Å². The van der Waals surface area contributed by atoms with Crippen molar-refractivity contribution in [3.8, 4) is 5.75 Å². The third-order valence-corrected chi connectivity index (χ3v) is 5.75. The monoisotopic (exact) mass is 369 g/mol. The molecule has 1 aliphatic heterocycles. The highest BCUT2D eigenvalue weighted by molar-refractivity contribution is 5.43. The van der Waals surface area contributed by atoms with E-state index in [9.17, 15) is 5.11 Å². The van der Waals surface area contributed by atoms with Gasteiger partial charge in [0.05, 0.1) is 7.11 Å². The summed E-state index contributed by atoms with van der Waals surface area (Å²) in [4.78, 5) is 9.11. The first-order valence-electron chi connectivity index (χ1n) is 9.71. The van der Waals surface area contributed by atoms with Gasteiger partial charge in [-0.1, -0.05) is 6.07 Å². The van der Waals surface area contributed by atoms with E-state index in [-0.39, 0.29) is 6.61 Å². The van der Waals surface area contributed by atoms with Gasteiger partial charge < -0.3 is 9.84 Å². The summed E-state index contributed by atoms with van der Waals surface area (Å²) in [7, 11) is 1.72. The molecule has 2 heterocycles. The van der Waals surface area contributed by atoms with E-state index in [4.69, 9.17) is 4.74 Å². The Labute approximate surface area is 162 Å². The summed E-state index contributed by atoms with van der Waals surface area (Å²) in [6.45, 7) is 9.42. The molecule has 27 heavy (non-hydrogen) atoms. The lowest BCUT2D eigenvalue weighted by atomic mass is 10.00. The number of aromatic nitrogens is 1. The number of piperazine rings is 1. The van der Waals surface area contributed by atoms with Crippen LogP contribution in [0.1, 0.15) is 28.7 Å².